The lowest BCUT2D eigenvalue weighted by Crippen LogP contribution is -2.43. The number of imide groups is 1. The quantitative estimate of drug-likeness (QED) is 0.491. The normalized spacial score (nSPS) is 16.8. The Morgan fingerprint density at radius 3 is 2.36 bits per heavy atom. The van der Waals surface area contributed by atoms with Crippen molar-refractivity contribution in [3.8, 4) is 0 Å². The molecule has 174 valence electrons. The second kappa shape index (κ2) is 10.2. The van der Waals surface area contributed by atoms with Crippen molar-refractivity contribution in [2.45, 2.75) is 13.0 Å². The third-order valence-corrected chi connectivity index (χ3v) is 6.18. The Balaban J connectivity index is 1.38. The van der Waals surface area contributed by atoms with E-state index in [4.69, 9.17) is 4.74 Å². The van der Waals surface area contributed by atoms with E-state index in [1.165, 1.54) is 16.5 Å². The van der Waals surface area contributed by atoms with Crippen LogP contribution in [0, 0.1) is 0 Å². The molecule has 8 heteroatoms. The number of carbonyl (C=O) groups is 3. The minimum absolute atomic E-state index is 0.271. The van der Waals surface area contributed by atoms with Crippen molar-refractivity contribution >= 4 is 23.4 Å². The molecule has 2 heterocycles. The van der Waals surface area contributed by atoms with Crippen molar-refractivity contribution in [1.82, 2.24) is 14.7 Å². The van der Waals surface area contributed by atoms with Gasteiger partial charge in [0.1, 0.15) is 0 Å². The van der Waals surface area contributed by atoms with Crippen LogP contribution in [0.3, 0.4) is 0 Å². The van der Waals surface area contributed by atoms with Crippen LogP contribution in [0.1, 0.15) is 43.1 Å². The first kappa shape index (κ1) is 23.1. The van der Waals surface area contributed by atoms with Crippen LogP contribution < -0.4 is 5.32 Å². The molecule has 4 rings (SSSR count). The molecule has 2 aliphatic rings. The van der Waals surface area contributed by atoms with E-state index < -0.39 is 0 Å². The van der Waals surface area contributed by atoms with Gasteiger partial charge >= 0.3 is 0 Å². The van der Waals surface area contributed by atoms with Crippen LogP contribution in [0.4, 0.5) is 5.69 Å². The molecule has 0 aromatic heterocycles. The van der Waals surface area contributed by atoms with E-state index in [-0.39, 0.29) is 23.3 Å². The van der Waals surface area contributed by atoms with Gasteiger partial charge in [-0.05, 0) is 49.4 Å². The average Bonchev–Trinajstić information content (AvgIpc) is 3.06. The second-order valence-corrected chi connectivity index (χ2v) is 8.60. The molecule has 0 unspecified atom stereocenters. The first-order valence-electron chi connectivity index (χ1n) is 11.3. The number of likely N-dealkylation sites (N-methyl/N-ethyl adjacent to an activating group) is 1. The van der Waals surface area contributed by atoms with E-state index in [0.29, 0.717) is 36.4 Å². The number of methoxy groups -OCH3 is 1. The van der Waals surface area contributed by atoms with Crippen molar-refractivity contribution in [1.29, 1.82) is 0 Å². The molecule has 0 atom stereocenters. The predicted octanol–water partition coefficient (Wildman–Crippen LogP) is 2.32. The van der Waals surface area contributed by atoms with E-state index in [2.05, 4.69) is 22.2 Å². The Hall–Kier alpha value is -3.07. The van der Waals surface area contributed by atoms with Crippen molar-refractivity contribution in [3.05, 3.63) is 64.7 Å². The Labute approximate surface area is 194 Å². The first-order valence-corrected chi connectivity index (χ1v) is 11.3. The molecular weight excluding hydrogens is 420 g/mol. The van der Waals surface area contributed by atoms with Crippen LogP contribution in [0.25, 0.3) is 0 Å². The van der Waals surface area contributed by atoms with Crippen LogP contribution in [-0.2, 0) is 11.3 Å². The van der Waals surface area contributed by atoms with Gasteiger partial charge < -0.3 is 15.0 Å². The fourth-order valence-electron chi connectivity index (χ4n) is 4.16. The number of hydrogen-bond donors (Lipinski definition) is 1. The van der Waals surface area contributed by atoms with E-state index in [1.54, 1.807) is 19.2 Å². The first-order chi connectivity index (χ1) is 16.0. The highest BCUT2D eigenvalue weighted by Crippen LogP contribution is 2.25. The lowest BCUT2D eigenvalue weighted by Gasteiger charge is -2.32. The minimum Gasteiger partial charge on any atom is -0.385 e. The number of carbonyl (C=O) groups excluding carboxylic acids is 3. The number of rotatable bonds is 8. The Morgan fingerprint density at radius 2 is 1.67 bits per heavy atom. The molecule has 0 spiro atoms. The van der Waals surface area contributed by atoms with Crippen LogP contribution in [0.2, 0.25) is 0 Å². The molecule has 1 saturated heterocycles. The number of amides is 3. The zero-order valence-corrected chi connectivity index (χ0v) is 19.2. The van der Waals surface area contributed by atoms with E-state index in [9.17, 15) is 14.4 Å². The van der Waals surface area contributed by atoms with Crippen LogP contribution >= 0.6 is 0 Å². The molecular formula is C25H30N4O4. The predicted molar refractivity (Wildman–Crippen MR) is 125 cm³/mol. The van der Waals surface area contributed by atoms with Gasteiger partial charge in [0.15, 0.2) is 0 Å². The van der Waals surface area contributed by atoms with Gasteiger partial charge in [-0.1, -0.05) is 12.1 Å². The highest BCUT2D eigenvalue weighted by atomic mass is 16.5. The Kier molecular flexibility index (Phi) is 7.17. The summed E-state index contributed by atoms with van der Waals surface area (Å²) in [6.45, 7) is 5.92. The number of hydrogen-bond acceptors (Lipinski definition) is 6. The van der Waals surface area contributed by atoms with Crippen molar-refractivity contribution in [2.24, 2.45) is 0 Å². The molecule has 8 nitrogen and oxygen atoms in total. The summed E-state index contributed by atoms with van der Waals surface area (Å²) >= 11 is 0. The number of anilines is 1. The number of piperazine rings is 1. The molecule has 0 aliphatic carbocycles. The second-order valence-electron chi connectivity index (χ2n) is 8.60. The maximum atomic E-state index is 12.8. The maximum absolute atomic E-state index is 12.8. The maximum Gasteiger partial charge on any atom is 0.261 e. The Morgan fingerprint density at radius 1 is 0.970 bits per heavy atom. The summed E-state index contributed by atoms with van der Waals surface area (Å²) in [6.07, 6.45) is 0.570. The minimum atomic E-state index is -0.367. The molecule has 0 radical (unpaired) electrons. The molecule has 2 aromatic carbocycles. The van der Waals surface area contributed by atoms with Gasteiger partial charge in [-0.15, -0.1) is 0 Å². The summed E-state index contributed by atoms with van der Waals surface area (Å²) in [5.41, 5.74) is 2.84. The smallest absolute Gasteiger partial charge is 0.261 e. The third kappa shape index (κ3) is 5.30. The van der Waals surface area contributed by atoms with Gasteiger partial charge in [0.05, 0.1) is 11.1 Å². The monoisotopic (exact) mass is 450 g/mol. The average molecular weight is 451 g/mol. The highest BCUT2D eigenvalue weighted by molar-refractivity contribution is 6.22. The highest BCUT2D eigenvalue weighted by Gasteiger charge is 2.35. The molecule has 33 heavy (non-hydrogen) atoms. The van der Waals surface area contributed by atoms with Gasteiger partial charge in [0.25, 0.3) is 17.7 Å². The molecule has 2 aliphatic heterocycles. The molecule has 0 bridgehead atoms. The SMILES string of the molecule is COCCCN1C(=O)c2ccc(C(=O)Nc3ccc(CN4CCN(C)CC4)cc3)cc2C1=O. The van der Waals surface area contributed by atoms with Crippen LogP contribution in [0.15, 0.2) is 42.5 Å². The largest absolute Gasteiger partial charge is 0.385 e. The fraction of sp³-hybridized carbons (Fsp3) is 0.400. The molecule has 1 N–H and O–H groups in total. The summed E-state index contributed by atoms with van der Waals surface area (Å²) in [7, 11) is 3.72. The summed E-state index contributed by atoms with van der Waals surface area (Å²) in [6, 6.07) is 12.5. The molecule has 2 aromatic rings. The lowest BCUT2D eigenvalue weighted by atomic mass is 10.1. The standard InChI is InChI=1S/C25H30N4O4/c1-27-11-13-28(14-12-27)17-18-4-7-20(8-5-18)26-23(30)19-6-9-21-22(16-19)25(32)29(24(21)31)10-3-15-33-2/h4-9,16H,3,10-15,17H2,1-2H3,(H,26,30). The van der Waals surface area contributed by atoms with Gasteiger partial charge in [0.2, 0.25) is 0 Å². The number of ether oxygens (including phenoxy) is 1. The summed E-state index contributed by atoms with van der Waals surface area (Å²) in [5, 5.41) is 2.88. The van der Waals surface area contributed by atoms with Crippen molar-refractivity contribution < 1.29 is 19.1 Å². The van der Waals surface area contributed by atoms with Crippen molar-refractivity contribution in [3.63, 3.8) is 0 Å². The van der Waals surface area contributed by atoms with Crippen molar-refractivity contribution in [2.75, 3.05) is 58.8 Å². The van der Waals surface area contributed by atoms with Gasteiger partial charge in [-0.25, -0.2) is 0 Å². The Bertz CT molecular complexity index is 1030. The van der Waals surface area contributed by atoms with E-state index in [1.807, 2.05) is 24.3 Å². The molecule has 3 amide bonds. The molecule has 0 saturated carbocycles. The number of nitrogens with zero attached hydrogens (tertiary/aromatic N) is 3. The summed E-state index contributed by atoms with van der Waals surface area (Å²) in [4.78, 5) is 43.9. The fourth-order valence-corrected chi connectivity index (χ4v) is 4.16. The number of fused-ring (bicyclic) bond motifs is 1. The zero-order chi connectivity index (χ0) is 23.4. The molecule has 1 fully saturated rings. The summed E-state index contributed by atoms with van der Waals surface area (Å²) in [5.74, 6) is -1.01. The van der Waals surface area contributed by atoms with E-state index >= 15 is 0 Å². The van der Waals surface area contributed by atoms with Gasteiger partial charge in [-0.3, -0.25) is 24.2 Å². The van der Waals surface area contributed by atoms with E-state index in [0.717, 1.165) is 32.7 Å². The zero-order valence-electron chi connectivity index (χ0n) is 19.2. The van der Waals surface area contributed by atoms with Gasteiger partial charge in [0, 0.05) is 64.2 Å². The topological polar surface area (TPSA) is 82.2 Å². The third-order valence-electron chi connectivity index (χ3n) is 6.18. The number of nitrogens with one attached hydrogen (secondary N) is 1. The van der Waals surface area contributed by atoms with Gasteiger partial charge in [-0.2, -0.15) is 0 Å². The van der Waals surface area contributed by atoms with Crippen LogP contribution in [0.5, 0.6) is 0 Å². The number of benzene rings is 2. The lowest BCUT2D eigenvalue weighted by molar-refractivity contribution is 0.0638. The van der Waals surface area contributed by atoms with Crippen LogP contribution in [-0.4, -0.2) is 85.9 Å². The summed E-state index contributed by atoms with van der Waals surface area (Å²) < 4.78 is 5.00.